The molecule has 1 aromatic carbocycles. The van der Waals surface area contributed by atoms with Gasteiger partial charge in [0.1, 0.15) is 12.4 Å². The molecule has 0 amide bonds. The summed E-state index contributed by atoms with van der Waals surface area (Å²) < 4.78 is 10.5. The van der Waals surface area contributed by atoms with Crippen LogP contribution in [0.1, 0.15) is 0 Å². The highest BCUT2D eigenvalue weighted by Crippen LogP contribution is 2.30. The SMILES string of the molecule is COCCOc1nc(N)nc2ccc(-c3ccccc3O)nc12. The summed E-state index contributed by atoms with van der Waals surface area (Å²) in [6, 6.07) is 10.5. The molecule has 0 saturated heterocycles. The topological polar surface area (TPSA) is 103 Å². The van der Waals surface area contributed by atoms with E-state index in [1.54, 1.807) is 37.4 Å². The molecule has 0 fully saturated rings. The third-order valence-corrected chi connectivity index (χ3v) is 3.23. The van der Waals surface area contributed by atoms with E-state index in [9.17, 15) is 5.11 Å². The van der Waals surface area contributed by atoms with Gasteiger partial charge in [0, 0.05) is 12.7 Å². The van der Waals surface area contributed by atoms with Crippen molar-refractivity contribution in [2.24, 2.45) is 0 Å². The van der Waals surface area contributed by atoms with Crippen LogP contribution in [0, 0.1) is 0 Å². The maximum Gasteiger partial charge on any atom is 0.245 e. The number of ether oxygens (including phenoxy) is 2. The number of hydrogen-bond acceptors (Lipinski definition) is 7. The molecule has 3 N–H and O–H groups in total. The molecule has 3 rings (SSSR count). The van der Waals surface area contributed by atoms with Gasteiger partial charge < -0.3 is 20.3 Å². The van der Waals surface area contributed by atoms with Gasteiger partial charge in [-0.3, -0.25) is 0 Å². The number of hydrogen-bond donors (Lipinski definition) is 2. The molecule has 7 heteroatoms. The lowest BCUT2D eigenvalue weighted by Crippen LogP contribution is -2.08. The molecule has 0 radical (unpaired) electrons. The van der Waals surface area contributed by atoms with Gasteiger partial charge in [-0.1, -0.05) is 12.1 Å². The Labute approximate surface area is 132 Å². The molecule has 0 atom stereocenters. The minimum absolute atomic E-state index is 0.113. The zero-order valence-corrected chi connectivity index (χ0v) is 12.6. The van der Waals surface area contributed by atoms with Crippen molar-refractivity contribution < 1.29 is 14.6 Å². The number of para-hydroxylation sites is 1. The Balaban J connectivity index is 2.08. The summed E-state index contributed by atoms with van der Waals surface area (Å²) in [5, 5.41) is 9.98. The van der Waals surface area contributed by atoms with Gasteiger partial charge >= 0.3 is 0 Å². The van der Waals surface area contributed by atoms with Crippen molar-refractivity contribution in [2.75, 3.05) is 26.1 Å². The monoisotopic (exact) mass is 312 g/mol. The Kier molecular flexibility index (Phi) is 4.20. The lowest BCUT2D eigenvalue weighted by Gasteiger charge is -2.09. The summed E-state index contributed by atoms with van der Waals surface area (Å²) in [6.45, 7) is 0.745. The van der Waals surface area contributed by atoms with Gasteiger partial charge in [-0.2, -0.15) is 4.98 Å². The molecule has 7 nitrogen and oxygen atoms in total. The lowest BCUT2D eigenvalue weighted by molar-refractivity contribution is 0.144. The number of benzene rings is 1. The van der Waals surface area contributed by atoms with Crippen LogP contribution in [0.2, 0.25) is 0 Å². The van der Waals surface area contributed by atoms with Crippen LogP contribution in [0.25, 0.3) is 22.3 Å². The summed E-state index contributed by atoms with van der Waals surface area (Å²) >= 11 is 0. The molecule has 118 valence electrons. The van der Waals surface area contributed by atoms with E-state index in [1.165, 1.54) is 0 Å². The number of pyridine rings is 1. The second-order valence-corrected chi connectivity index (χ2v) is 4.81. The number of aromatic nitrogens is 3. The zero-order chi connectivity index (χ0) is 16.2. The molecule has 3 aromatic rings. The molecule has 0 aliphatic heterocycles. The fraction of sp³-hybridized carbons (Fsp3) is 0.188. The van der Waals surface area contributed by atoms with Crippen molar-refractivity contribution in [1.82, 2.24) is 15.0 Å². The van der Waals surface area contributed by atoms with Gasteiger partial charge in [0.05, 0.1) is 17.8 Å². The van der Waals surface area contributed by atoms with Crippen LogP contribution >= 0.6 is 0 Å². The van der Waals surface area contributed by atoms with Crippen LogP contribution in [-0.2, 0) is 4.74 Å². The standard InChI is InChI=1S/C16H16N4O3/c1-22-8-9-23-15-14-12(19-16(17)20-15)7-6-11(18-14)10-4-2-3-5-13(10)21/h2-7,21H,8-9H2,1H3,(H2,17,19,20). The van der Waals surface area contributed by atoms with E-state index in [-0.39, 0.29) is 11.7 Å². The number of nitrogen functional groups attached to an aromatic ring is 1. The number of nitrogens with zero attached hydrogens (tertiary/aromatic N) is 3. The Hall–Kier alpha value is -2.93. The first-order chi connectivity index (χ1) is 11.2. The van der Waals surface area contributed by atoms with Crippen LogP contribution in [0.15, 0.2) is 36.4 Å². The maximum absolute atomic E-state index is 9.98. The van der Waals surface area contributed by atoms with Crippen molar-refractivity contribution in [3.05, 3.63) is 36.4 Å². The lowest BCUT2D eigenvalue weighted by atomic mass is 10.1. The highest BCUT2D eigenvalue weighted by atomic mass is 16.5. The summed E-state index contributed by atoms with van der Waals surface area (Å²) in [4.78, 5) is 12.8. The first kappa shape index (κ1) is 15.0. The van der Waals surface area contributed by atoms with Crippen LogP contribution in [0.5, 0.6) is 11.6 Å². The minimum Gasteiger partial charge on any atom is -0.507 e. The molecule has 0 spiro atoms. The van der Waals surface area contributed by atoms with E-state index < -0.39 is 0 Å². The minimum atomic E-state index is 0.113. The van der Waals surface area contributed by atoms with E-state index in [1.807, 2.05) is 6.07 Å². The molecule has 23 heavy (non-hydrogen) atoms. The molecule has 2 aromatic heterocycles. The van der Waals surface area contributed by atoms with Crippen LogP contribution in [-0.4, -0.2) is 40.4 Å². The molecular weight excluding hydrogens is 296 g/mol. The third kappa shape index (κ3) is 3.14. The molecule has 0 aliphatic carbocycles. The number of methoxy groups -OCH3 is 1. The first-order valence-corrected chi connectivity index (χ1v) is 7.03. The second-order valence-electron chi connectivity index (χ2n) is 4.81. The fourth-order valence-corrected chi connectivity index (χ4v) is 2.17. The van der Waals surface area contributed by atoms with Crippen molar-refractivity contribution in [3.8, 4) is 22.9 Å². The van der Waals surface area contributed by atoms with Gasteiger partial charge in [0.25, 0.3) is 0 Å². The van der Waals surface area contributed by atoms with Gasteiger partial charge in [0.2, 0.25) is 11.8 Å². The second kappa shape index (κ2) is 6.45. The summed E-state index contributed by atoms with van der Waals surface area (Å²) in [6.07, 6.45) is 0. The number of phenolic OH excluding ortho intramolecular Hbond substituents is 1. The van der Waals surface area contributed by atoms with Crippen LogP contribution < -0.4 is 10.5 Å². The highest BCUT2D eigenvalue weighted by Gasteiger charge is 2.12. The predicted molar refractivity (Wildman–Crippen MR) is 86.2 cm³/mol. The average molecular weight is 312 g/mol. The first-order valence-electron chi connectivity index (χ1n) is 7.03. The largest absolute Gasteiger partial charge is 0.507 e. The Morgan fingerprint density at radius 1 is 1.04 bits per heavy atom. The summed E-state index contributed by atoms with van der Waals surface area (Å²) in [5.74, 6) is 0.557. The molecular formula is C16H16N4O3. The number of rotatable bonds is 5. The van der Waals surface area contributed by atoms with E-state index in [4.69, 9.17) is 15.2 Å². The average Bonchev–Trinajstić information content (AvgIpc) is 2.55. The molecule has 0 bridgehead atoms. The van der Waals surface area contributed by atoms with E-state index in [0.717, 1.165) is 0 Å². The van der Waals surface area contributed by atoms with Gasteiger partial charge in [-0.05, 0) is 24.3 Å². The Morgan fingerprint density at radius 2 is 1.87 bits per heavy atom. The summed E-state index contributed by atoms with van der Waals surface area (Å²) in [5.41, 5.74) is 7.97. The number of aromatic hydroxyl groups is 1. The van der Waals surface area contributed by atoms with Crippen LogP contribution in [0.4, 0.5) is 5.95 Å². The van der Waals surface area contributed by atoms with E-state index in [0.29, 0.717) is 41.4 Å². The Morgan fingerprint density at radius 3 is 2.65 bits per heavy atom. The van der Waals surface area contributed by atoms with Crippen molar-refractivity contribution in [3.63, 3.8) is 0 Å². The zero-order valence-electron chi connectivity index (χ0n) is 12.6. The molecule has 0 aliphatic rings. The van der Waals surface area contributed by atoms with Gasteiger partial charge in [0.15, 0.2) is 5.52 Å². The number of anilines is 1. The normalized spacial score (nSPS) is 10.8. The smallest absolute Gasteiger partial charge is 0.245 e. The van der Waals surface area contributed by atoms with Gasteiger partial charge in [-0.25, -0.2) is 9.97 Å². The number of fused-ring (bicyclic) bond motifs is 1. The highest BCUT2D eigenvalue weighted by molar-refractivity contribution is 5.83. The van der Waals surface area contributed by atoms with E-state index in [2.05, 4.69) is 15.0 Å². The van der Waals surface area contributed by atoms with E-state index >= 15 is 0 Å². The molecule has 0 saturated carbocycles. The molecule has 2 heterocycles. The van der Waals surface area contributed by atoms with Gasteiger partial charge in [-0.15, -0.1) is 0 Å². The number of phenols is 1. The predicted octanol–water partition coefficient (Wildman–Crippen LogP) is 2.00. The number of nitrogens with two attached hydrogens (primary N) is 1. The fourth-order valence-electron chi connectivity index (χ4n) is 2.17. The quantitative estimate of drug-likeness (QED) is 0.694. The summed E-state index contributed by atoms with van der Waals surface area (Å²) in [7, 11) is 1.59. The molecule has 0 unspecified atom stereocenters. The van der Waals surface area contributed by atoms with Crippen molar-refractivity contribution >= 4 is 17.0 Å². The van der Waals surface area contributed by atoms with Crippen molar-refractivity contribution in [2.45, 2.75) is 0 Å². The third-order valence-electron chi connectivity index (χ3n) is 3.23. The van der Waals surface area contributed by atoms with Crippen molar-refractivity contribution in [1.29, 1.82) is 0 Å². The Bertz CT molecular complexity index is 839. The maximum atomic E-state index is 9.98. The van der Waals surface area contributed by atoms with Crippen LogP contribution in [0.3, 0.4) is 0 Å².